The highest BCUT2D eigenvalue weighted by Crippen LogP contribution is 2.14. The predicted octanol–water partition coefficient (Wildman–Crippen LogP) is 0.349. The largest absolute Gasteiger partial charge is 0.465 e. The molecule has 2 rings (SSSR count). The van der Waals surface area contributed by atoms with Crippen molar-refractivity contribution in [2.45, 2.75) is 40.3 Å². The second-order valence-electron chi connectivity index (χ2n) is 5.33. The Bertz CT molecular complexity index is 841. The van der Waals surface area contributed by atoms with Gasteiger partial charge in [-0.1, -0.05) is 0 Å². The zero-order valence-electron chi connectivity index (χ0n) is 13.4. The first-order chi connectivity index (χ1) is 10.3. The van der Waals surface area contributed by atoms with E-state index in [-0.39, 0.29) is 24.7 Å². The summed E-state index contributed by atoms with van der Waals surface area (Å²) in [6.45, 7) is 7.23. The number of carbonyl (C=O) groups excluding carboxylic acids is 1. The van der Waals surface area contributed by atoms with Gasteiger partial charge in [0.2, 0.25) is 0 Å². The van der Waals surface area contributed by atoms with Gasteiger partial charge in [0.15, 0.2) is 11.2 Å². The van der Waals surface area contributed by atoms with Crippen LogP contribution in [-0.2, 0) is 23.1 Å². The number of fused-ring (bicyclic) bond motifs is 1. The summed E-state index contributed by atoms with van der Waals surface area (Å²) in [4.78, 5) is 40.8. The maximum absolute atomic E-state index is 12.4. The van der Waals surface area contributed by atoms with E-state index in [4.69, 9.17) is 4.74 Å². The number of ether oxygens (including phenoxy) is 1. The van der Waals surface area contributed by atoms with E-state index in [1.807, 2.05) is 13.8 Å². The van der Waals surface area contributed by atoms with E-state index in [1.54, 1.807) is 13.8 Å². The number of rotatable bonds is 4. The molecule has 0 aliphatic carbocycles. The second kappa shape index (κ2) is 5.78. The van der Waals surface area contributed by atoms with Gasteiger partial charge >= 0.3 is 11.7 Å². The molecule has 8 nitrogen and oxygen atoms in total. The van der Waals surface area contributed by atoms with Gasteiger partial charge in [0, 0.05) is 13.1 Å². The van der Waals surface area contributed by atoms with Gasteiger partial charge in [-0.2, -0.15) is 0 Å². The molecule has 2 aromatic heterocycles. The van der Waals surface area contributed by atoms with Crippen LogP contribution in [0.25, 0.3) is 11.2 Å². The van der Waals surface area contributed by atoms with Gasteiger partial charge in [0.05, 0.1) is 6.61 Å². The molecule has 0 N–H and O–H groups in total. The van der Waals surface area contributed by atoms with Crippen molar-refractivity contribution < 1.29 is 9.53 Å². The maximum Gasteiger partial charge on any atom is 0.332 e. The molecule has 8 heteroatoms. The van der Waals surface area contributed by atoms with Gasteiger partial charge in [-0.05, 0) is 27.7 Å². The molecule has 0 atom stereocenters. The average molecular weight is 308 g/mol. The SMILES string of the molecule is CCOC(=O)Cn1c(C)nc2c1c(=O)n(C)c(=O)n2C(C)C. The summed E-state index contributed by atoms with van der Waals surface area (Å²) in [7, 11) is 1.42. The summed E-state index contributed by atoms with van der Waals surface area (Å²) in [6.07, 6.45) is 0. The lowest BCUT2D eigenvalue weighted by Crippen LogP contribution is -2.39. The van der Waals surface area contributed by atoms with E-state index in [9.17, 15) is 14.4 Å². The minimum atomic E-state index is -0.471. The highest BCUT2D eigenvalue weighted by atomic mass is 16.5. The maximum atomic E-state index is 12.4. The lowest BCUT2D eigenvalue weighted by atomic mass is 10.3. The Morgan fingerprint density at radius 1 is 1.32 bits per heavy atom. The van der Waals surface area contributed by atoms with Crippen LogP contribution in [0.3, 0.4) is 0 Å². The third-order valence-electron chi connectivity index (χ3n) is 3.48. The minimum Gasteiger partial charge on any atom is -0.465 e. The number of esters is 1. The van der Waals surface area contributed by atoms with Gasteiger partial charge in [0.25, 0.3) is 5.56 Å². The first-order valence-electron chi connectivity index (χ1n) is 7.13. The third-order valence-corrected chi connectivity index (χ3v) is 3.48. The molecule has 0 unspecified atom stereocenters. The topological polar surface area (TPSA) is 88.1 Å². The van der Waals surface area contributed by atoms with Crippen molar-refractivity contribution in [3.63, 3.8) is 0 Å². The fourth-order valence-electron chi connectivity index (χ4n) is 2.42. The minimum absolute atomic E-state index is 0.109. The van der Waals surface area contributed by atoms with E-state index in [1.165, 1.54) is 16.2 Å². The van der Waals surface area contributed by atoms with Crippen molar-refractivity contribution in [1.82, 2.24) is 18.7 Å². The molecule has 22 heavy (non-hydrogen) atoms. The van der Waals surface area contributed by atoms with Crippen LogP contribution in [0.2, 0.25) is 0 Å². The first-order valence-corrected chi connectivity index (χ1v) is 7.13. The van der Waals surface area contributed by atoms with Crippen LogP contribution in [0, 0.1) is 6.92 Å². The van der Waals surface area contributed by atoms with Gasteiger partial charge < -0.3 is 9.30 Å². The fraction of sp³-hybridized carbons (Fsp3) is 0.571. The van der Waals surface area contributed by atoms with Crippen molar-refractivity contribution >= 4 is 17.1 Å². The molecular formula is C14H20N4O4. The molecule has 0 spiro atoms. The normalized spacial score (nSPS) is 11.4. The van der Waals surface area contributed by atoms with Crippen molar-refractivity contribution in [1.29, 1.82) is 0 Å². The second-order valence-corrected chi connectivity index (χ2v) is 5.33. The smallest absolute Gasteiger partial charge is 0.332 e. The molecule has 2 heterocycles. The van der Waals surface area contributed by atoms with Crippen LogP contribution < -0.4 is 11.2 Å². The van der Waals surface area contributed by atoms with Crippen molar-refractivity contribution in [2.75, 3.05) is 6.61 Å². The Labute approximate surface area is 126 Å². The average Bonchev–Trinajstić information content (AvgIpc) is 2.73. The predicted molar refractivity (Wildman–Crippen MR) is 81.0 cm³/mol. The number of hydrogen-bond donors (Lipinski definition) is 0. The van der Waals surface area contributed by atoms with Gasteiger partial charge in [-0.25, -0.2) is 9.78 Å². The molecule has 0 radical (unpaired) electrons. The van der Waals surface area contributed by atoms with Crippen molar-refractivity contribution in [2.24, 2.45) is 7.05 Å². The molecule has 0 amide bonds. The van der Waals surface area contributed by atoms with Crippen LogP contribution >= 0.6 is 0 Å². The molecule has 0 aliphatic rings. The molecule has 2 aromatic rings. The van der Waals surface area contributed by atoms with Crippen molar-refractivity contribution in [3.8, 4) is 0 Å². The fourth-order valence-corrected chi connectivity index (χ4v) is 2.42. The Kier molecular flexibility index (Phi) is 4.20. The summed E-state index contributed by atoms with van der Waals surface area (Å²) in [5.74, 6) is 0.0365. The summed E-state index contributed by atoms with van der Waals surface area (Å²) in [5.41, 5.74) is -0.360. The molecular weight excluding hydrogens is 288 g/mol. The third kappa shape index (κ3) is 2.44. The lowest BCUT2D eigenvalue weighted by molar-refractivity contribution is -0.143. The van der Waals surface area contributed by atoms with Crippen LogP contribution in [0.5, 0.6) is 0 Å². The Morgan fingerprint density at radius 2 is 1.95 bits per heavy atom. The number of hydrogen-bond acceptors (Lipinski definition) is 5. The zero-order valence-corrected chi connectivity index (χ0v) is 13.4. The van der Waals surface area contributed by atoms with Crippen LogP contribution in [0.15, 0.2) is 9.59 Å². The molecule has 0 fully saturated rings. The quantitative estimate of drug-likeness (QED) is 0.760. The standard InChI is InChI=1S/C14H20N4O4/c1-6-22-10(19)7-17-9(4)15-12-11(17)13(20)16(5)14(21)18(12)8(2)3/h8H,6-7H2,1-5H3. The number of carbonyl (C=O) groups is 1. The number of aromatic nitrogens is 4. The molecule has 120 valence electrons. The summed E-state index contributed by atoms with van der Waals surface area (Å²) < 4.78 is 8.90. The highest BCUT2D eigenvalue weighted by Gasteiger charge is 2.21. The van der Waals surface area contributed by atoms with Crippen molar-refractivity contribution in [3.05, 3.63) is 26.7 Å². The summed E-state index contributed by atoms with van der Waals surface area (Å²) in [5, 5.41) is 0. The Hall–Kier alpha value is -2.38. The van der Waals surface area contributed by atoms with E-state index < -0.39 is 17.2 Å². The van der Waals surface area contributed by atoms with E-state index in [0.717, 1.165) is 4.57 Å². The van der Waals surface area contributed by atoms with Crippen LogP contribution in [-0.4, -0.2) is 31.3 Å². The molecule has 0 bridgehead atoms. The summed E-state index contributed by atoms with van der Waals surface area (Å²) in [6, 6.07) is -0.160. The van der Waals surface area contributed by atoms with Gasteiger partial charge in [-0.3, -0.25) is 18.7 Å². The number of aryl methyl sites for hydroxylation is 1. The van der Waals surface area contributed by atoms with E-state index >= 15 is 0 Å². The summed E-state index contributed by atoms with van der Waals surface area (Å²) >= 11 is 0. The number of nitrogens with zero attached hydrogens (tertiary/aromatic N) is 4. The molecule has 0 saturated carbocycles. The highest BCUT2D eigenvalue weighted by molar-refractivity contribution is 5.76. The molecule has 0 saturated heterocycles. The Morgan fingerprint density at radius 3 is 2.50 bits per heavy atom. The van der Waals surface area contributed by atoms with Crippen LogP contribution in [0.1, 0.15) is 32.6 Å². The lowest BCUT2D eigenvalue weighted by Gasteiger charge is -2.12. The Balaban J connectivity index is 2.81. The van der Waals surface area contributed by atoms with E-state index in [0.29, 0.717) is 11.5 Å². The molecule has 0 aromatic carbocycles. The van der Waals surface area contributed by atoms with Gasteiger partial charge in [0.1, 0.15) is 12.4 Å². The van der Waals surface area contributed by atoms with Crippen LogP contribution in [0.4, 0.5) is 0 Å². The van der Waals surface area contributed by atoms with Gasteiger partial charge in [-0.15, -0.1) is 0 Å². The number of imidazole rings is 1. The van der Waals surface area contributed by atoms with E-state index in [2.05, 4.69) is 4.98 Å². The monoisotopic (exact) mass is 308 g/mol. The zero-order chi connectivity index (χ0) is 16.6. The molecule has 0 aliphatic heterocycles. The first kappa shape index (κ1) is 16.0.